The van der Waals surface area contributed by atoms with Gasteiger partial charge in [0.2, 0.25) is 0 Å². The summed E-state index contributed by atoms with van der Waals surface area (Å²) in [5, 5.41) is 2.47. The second-order valence-electron chi connectivity index (χ2n) is 13.1. The molecule has 0 bridgehead atoms. The van der Waals surface area contributed by atoms with Crippen molar-refractivity contribution in [3.8, 4) is 56.2 Å². The SMILES string of the molecule is C1=Cc2cccc(-c3cccc(-c4nc(-c5ccc(C6C=NC=CC6)cc5)cc(-c5cccc(-c6ccc7ccccc7c6)c5)n4)c3)c2CC1. The van der Waals surface area contributed by atoms with Gasteiger partial charge in [-0.25, -0.2) is 9.97 Å². The molecule has 0 fully saturated rings. The van der Waals surface area contributed by atoms with Crippen molar-refractivity contribution >= 4 is 23.1 Å². The average molecular weight is 642 g/mol. The Bertz CT molecular complexity index is 2470. The molecule has 0 saturated heterocycles. The van der Waals surface area contributed by atoms with Crippen LogP contribution in [0.5, 0.6) is 0 Å². The van der Waals surface area contributed by atoms with Gasteiger partial charge in [-0.3, -0.25) is 4.99 Å². The van der Waals surface area contributed by atoms with E-state index in [1.54, 1.807) is 0 Å². The molecule has 9 rings (SSSR count). The van der Waals surface area contributed by atoms with Crippen LogP contribution in [0.4, 0.5) is 0 Å². The summed E-state index contributed by atoms with van der Waals surface area (Å²) < 4.78 is 0. The van der Waals surface area contributed by atoms with Crippen molar-refractivity contribution in [2.75, 3.05) is 0 Å². The van der Waals surface area contributed by atoms with Crippen molar-refractivity contribution in [1.29, 1.82) is 0 Å². The lowest BCUT2D eigenvalue weighted by Crippen LogP contribution is -2.01. The van der Waals surface area contributed by atoms with Crippen LogP contribution in [0.2, 0.25) is 0 Å². The van der Waals surface area contributed by atoms with Crippen LogP contribution in [0.1, 0.15) is 35.4 Å². The molecule has 0 spiro atoms. The molecule has 1 aliphatic carbocycles. The molecule has 0 N–H and O–H groups in total. The molecule has 1 aliphatic heterocycles. The summed E-state index contributed by atoms with van der Waals surface area (Å²) in [5.74, 6) is 1.01. The molecule has 238 valence electrons. The number of hydrogen-bond acceptors (Lipinski definition) is 3. The van der Waals surface area contributed by atoms with Crippen LogP contribution in [-0.2, 0) is 6.42 Å². The Kier molecular flexibility index (Phi) is 7.79. The molecule has 0 amide bonds. The minimum Gasteiger partial charge on any atom is -0.269 e. The lowest BCUT2D eigenvalue weighted by atomic mass is 9.89. The zero-order chi connectivity index (χ0) is 33.3. The fourth-order valence-corrected chi connectivity index (χ4v) is 7.28. The van der Waals surface area contributed by atoms with E-state index in [-0.39, 0.29) is 0 Å². The van der Waals surface area contributed by atoms with Gasteiger partial charge in [0.25, 0.3) is 0 Å². The Labute approximate surface area is 293 Å². The monoisotopic (exact) mass is 641 g/mol. The van der Waals surface area contributed by atoms with Crippen molar-refractivity contribution < 1.29 is 0 Å². The summed E-state index contributed by atoms with van der Waals surface area (Å²) in [6.07, 6.45) is 13.6. The third-order valence-electron chi connectivity index (χ3n) is 9.95. The number of benzene rings is 6. The summed E-state index contributed by atoms with van der Waals surface area (Å²) in [6, 6.07) is 50.1. The minimum absolute atomic E-state index is 0.297. The van der Waals surface area contributed by atoms with Gasteiger partial charge in [0.15, 0.2) is 5.82 Å². The molecule has 1 atom stereocenters. The molecule has 50 heavy (non-hydrogen) atoms. The van der Waals surface area contributed by atoms with Crippen LogP contribution >= 0.6 is 0 Å². The lowest BCUT2D eigenvalue weighted by Gasteiger charge is -2.16. The van der Waals surface area contributed by atoms with Gasteiger partial charge in [-0.1, -0.05) is 133 Å². The quantitative estimate of drug-likeness (QED) is 0.181. The topological polar surface area (TPSA) is 38.1 Å². The summed E-state index contributed by atoms with van der Waals surface area (Å²) in [6.45, 7) is 0. The second kappa shape index (κ2) is 13.0. The van der Waals surface area contributed by atoms with Gasteiger partial charge in [-0.2, -0.15) is 0 Å². The van der Waals surface area contributed by atoms with Gasteiger partial charge in [0.1, 0.15) is 0 Å². The van der Waals surface area contributed by atoms with E-state index < -0.39 is 0 Å². The van der Waals surface area contributed by atoms with E-state index in [0.717, 1.165) is 52.9 Å². The van der Waals surface area contributed by atoms with E-state index in [1.165, 1.54) is 44.2 Å². The van der Waals surface area contributed by atoms with Crippen molar-refractivity contribution in [2.24, 2.45) is 4.99 Å². The highest BCUT2D eigenvalue weighted by Gasteiger charge is 2.16. The molecule has 1 aromatic heterocycles. The number of fused-ring (bicyclic) bond motifs is 2. The van der Waals surface area contributed by atoms with Crippen LogP contribution in [0.15, 0.2) is 163 Å². The normalized spacial score (nSPS) is 14.9. The first-order valence-electron chi connectivity index (χ1n) is 17.4. The first kappa shape index (κ1) is 29.9. The molecular weight excluding hydrogens is 607 g/mol. The van der Waals surface area contributed by atoms with E-state index >= 15 is 0 Å². The number of rotatable bonds is 6. The van der Waals surface area contributed by atoms with Crippen LogP contribution in [0, 0.1) is 0 Å². The lowest BCUT2D eigenvalue weighted by molar-refractivity contribution is 0.909. The van der Waals surface area contributed by atoms with E-state index in [2.05, 4.69) is 163 Å². The minimum atomic E-state index is 0.297. The number of aliphatic imine (C=N–C) groups is 1. The van der Waals surface area contributed by atoms with Crippen molar-refractivity contribution in [3.05, 3.63) is 175 Å². The summed E-state index contributed by atoms with van der Waals surface area (Å²) in [5.41, 5.74) is 13.7. The van der Waals surface area contributed by atoms with Gasteiger partial charge in [0, 0.05) is 35.0 Å². The fourth-order valence-electron chi connectivity index (χ4n) is 7.28. The summed E-state index contributed by atoms with van der Waals surface area (Å²) >= 11 is 0. The Morgan fingerprint density at radius 2 is 1.24 bits per heavy atom. The predicted octanol–water partition coefficient (Wildman–Crippen LogP) is 12.0. The second-order valence-corrected chi connectivity index (χ2v) is 13.1. The first-order chi connectivity index (χ1) is 24.7. The standard InChI is InChI=1S/C47H35N3/c1-2-11-36-27-38(25-22-32(36)9-1)37-13-5-15-40(28-37)46-30-45(35-23-20-33(21-24-35)42-17-8-26-48-31-42)49-47(50-46)41-16-6-14-39(29-41)44-19-7-12-34-10-3-4-18-43(34)44/h1-3,5-16,19-31,42H,4,17-18H2. The fraction of sp³-hybridized carbons (Fsp3) is 0.0851. The van der Waals surface area contributed by atoms with E-state index in [1.807, 2.05) is 12.4 Å². The largest absolute Gasteiger partial charge is 0.269 e. The summed E-state index contributed by atoms with van der Waals surface area (Å²) in [4.78, 5) is 14.8. The van der Waals surface area contributed by atoms with Gasteiger partial charge in [-0.15, -0.1) is 0 Å². The maximum Gasteiger partial charge on any atom is 0.160 e. The number of nitrogens with zero attached hydrogens (tertiary/aromatic N) is 3. The molecule has 2 heterocycles. The Morgan fingerprint density at radius 3 is 2.10 bits per heavy atom. The number of aromatic nitrogens is 2. The van der Waals surface area contributed by atoms with Gasteiger partial charge in [0.05, 0.1) is 11.4 Å². The van der Waals surface area contributed by atoms with Gasteiger partial charge in [-0.05, 0) is 93.2 Å². The van der Waals surface area contributed by atoms with Crippen LogP contribution in [0.3, 0.4) is 0 Å². The Balaban J connectivity index is 1.15. The molecule has 0 saturated carbocycles. The van der Waals surface area contributed by atoms with Crippen LogP contribution in [-0.4, -0.2) is 16.2 Å². The van der Waals surface area contributed by atoms with Gasteiger partial charge >= 0.3 is 0 Å². The van der Waals surface area contributed by atoms with Crippen LogP contribution < -0.4 is 0 Å². The molecule has 0 radical (unpaired) electrons. The smallest absolute Gasteiger partial charge is 0.160 e. The Morgan fingerprint density at radius 1 is 0.520 bits per heavy atom. The maximum atomic E-state index is 5.25. The molecule has 7 aromatic rings. The van der Waals surface area contributed by atoms with Crippen molar-refractivity contribution in [1.82, 2.24) is 9.97 Å². The molecule has 6 aromatic carbocycles. The van der Waals surface area contributed by atoms with E-state index in [0.29, 0.717) is 11.7 Å². The highest BCUT2D eigenvalue weighted by molar-refractivity contribution is 5.88. The van der Waals surface area contributed by atoms with Crippen molar-refractivity contribution in [2.45, 2.75) is 25.2 Å². The third kappa shape index (κ3) is 5.88. The molecule has 1 unspecified atom stereocenters. The molecule has 3 heteroatoms. The molecule has 2 aliphatic rings. The van der Waals surface area contributed by atoms with E-state index in [4.69, 9.17) is 9.97 Å². The third-order valence-corrected chi connectivity index (χ3v) is 9.95. The first-order valence-corrected chi connectivity index (χ1v) is 17.4. The zero-order valence-corrected chi connectivity index (χ0v) is 27.7. The highest BCUT2D eigenvalue weighted by Crippen LogP contribution is 2.35. The highest BCUT2D eigenvalue weighted by atomic mass is 14.9. The predicted molar refractivity (Wildman–Crippen MR) is 209 cm³/mol. The average Bonchev–Trinajstić information content (AvgIpc) is 3.21. The summed E-state index contributed by atoms with van der Waals surface area (Å²) in [7, 11) is 0. The molecular formula is C47H35N3. The van der Waals surface area contributed by atoms with Gasteiger partial charge < -0.3 is 0 Å². The zero-order valence-electron chi connectivity index (χ0n) is 27.7. The maximum absolute atomic E-state index is 5.25. The number of allylic oxidation sites excluding steroid dienone is 2. The Hall–Kier alpha value is -6.19. The molecule has 3 nitrogen and oxygen atoms in total. The number of hydrogen-bond donors (Lipinski definition) is 0. The van der Waals surface area contributed by atoms with E-state index in [9.17, 15) is 0 Å². The van der Waals surface area contributed by atoms with Crippen molar-refractivity contribution in [3.63, 3.8) is 0 Å². The van der Waals surface area contributed by atoms with Crippen LogP contribution in [0.25, 0.3) is 73.0 Å².